The predicted molar refractivity (Wildman–Crippen MR) is 113 cm³/mol. The largest absolute Gasteiger partial charge is 0.505 e. The molecule has 31 heavy (non-hydrogen) atoms. The minimum atomic E-state index is -1.21. The second kappa shape index (κ2) is 7.91. The molecule has 0 spiro atoms. The number of hydrogen-bond donors (Lipinski definition) is 3. The number of carboxylic acid groups (broad SMARTS) is 1. The molecule has 0 fully saturated rings. The molecule has 0 saturated heterocycles. The number of pyridine rings is 1. The summed E-state index contributed by atoms with van der Waals surface area (Å²) in [7, 11) is 0. The number of benzene rings is 2. The summed E-state index contributed by atoms with van der Waals surface area (Å²) in [5.74, 6) is -2.74. The van der Waals surface area contributed by atoms with Gasteiger partial charge in [-0.3, -0.25) is 9.59 Å². The molecule has 0 aliphatic rings. The van der Waals surface area contributed by atoms with E-state index in [2.05, 4.69) is 10.3 Å². The molecule has 7 nitrogen and oxygen atoms in total. The van der Waals surface area contributed by atoms with E-state index in [9.17, 15) is 19.1 Å². The van der Waals surface area contributed by atoms with Crippen LogP contribution in [0.5, 0.6) is 5.75 Å². The van der Waals surface area contributed by atoms with Crippen LogP contribution in [0, 0.1) is 12.7 Å². The second-order valence-electron chi connectivity index (χ2n) is 6.95. The van der Waals surface area contributed by atoms with Gasteiger partial charge in [0, 0.05) is 17.4 Å². The van der Waals surface area contributed by atoms with Gasteiger partial charge in [-0.1, -0.05) is 30.3 Å². The lowest BCUT2D eigenvalue weighted by molar-refractivity contribution is -0.135. The van der Waals surface area contributed by atoms with Crippen molar-refractivity contribution in [3.05, 3.63) is 78.0 Å². The van der Waals surface area contributed by atoms with E-state index in [1.165, 1.54) is 12.1 Å². The van der Waals surface area contributed by atoms with Gasteiger partial charge in [0.05, 0.1) is 16.6 Å². The first-order valence-corrected chi connectivity index (χ1v) is 9.42. The van der Waals surface area contributed by atoms with Crippen molar-refractivity contribution in [2.45, 2.75) is 6.92 Å². The van der Waals surface area contributed by atoms with Gasteiger partial charge in [-0.25, -0.2) is 9.37 Å². The Hall–Kier alpha value is -4.20. The monoisotopic (exact) mass is 419 g/mol. The molecular weight excluding hydrogens is 401 g/mol. The highest BCUT2D eigenvalue weighted by atomic mass is 19.1. The van der Waals surface area contributed by atoms with Crippen molar-refractivity contribution in [3.8, 4) is 22.6 Å². The van der Waals surface area contributed by atoms with E-state index in [1.54, 1.807) is 29.8 Å². The third-order valence-electron chi connectivity index (χ3n) is 4.89. The average molecular weight is 419 g/mol. The normalized spacial score (nSPS) is 10.9. The molecule has 2 heterocycles. The number of rotatable bonds is 5. The topological polar surface area (TPSA) is 104 Å². The molecule has 4 rings (SSSR count). The van der Waals surface area contributed by atoms with Crippen molar-refractivity contribution in [3.63, 3.8) is 0 Å². The summed E-state index contributed by atoms with van der Waals surface area (Å²) in [5.41, 5.74) is 2.83. The number of aliphatic carboxylic acids is 1. The van der Waals surface area contributed by atoms with Crippen LogP contribution in [0.3, 0.4) is 0 Å². The lowest BCUT2D eigenvalue weighted by atomic mass is 10.0. The van der Waals surface area contributed by atoms with Gasteiger partial charge < -0.3 is 20.1 Å². The molecule has 0 unspecified atom stereocenters. The van der Waals surface area contributed by atoms with E-state index in [-0.39, 0.29) is 17.3 Å². The van der Waals surface area contributed by atoms with Crippen LogP contribution in [0.4, 0.5) is 4.39 Å². The van der Waals surface area contributed by atoms with E-state index >= 15 is 0 Å². The number of nitrogens with zero attached hydrogens (tertiary/aromatic N) is 2. The number of fused-ring (bicyclic) bond motifs is 1. The summed E-state index contributed by atoms with van der Waals surface area (Å²) in [6.07, 6.45) is 1.79. The Morgan fingerprint density at radius 1 is 1.10 bits per heavy atom. The summed E-state index contributed by atoms with van der Waals surface area (Å²) in [5, 5.41) is 22.4. The van der Waals surface area contributed by atoms with Crippen LogP contribution in [0.2, 0.25) is 0 Å². The Kier molecular flexibility index (Phi) is 5.12. The third kappa shape index (κ3) is 3.71. The van der Waals surface area contributed by atoms with Gasteiger partial charge in [-0.05, 0) is 36.8 Å². The first-order valence-electron chi connectivity index (χ1n) is 9.42. The van der Waals surface area contributed by atoms with Gasteiger partial charge in [0.2, 0.25) is 0 Å². The third-order valence-corrected chi connectivity index (χ3v) is 4.89. The van der Waals surface area contributed by atoms with E-state index in [1.807, 2.05) is 30.3 Å². The predicted octanol–water partition coefficient (Wildman–Crippen LogP) is 3.66. The summed E-state index contributed by atoms with van der Waals surface area (Å²) >= 11 is 0. The molecule has 4 aromatic rings. The molecular formula is C23H18FN3O4. The van der Waals surface area contributed by atoms with Gasteiger partial charge in [0.15, 0.2) is 11.4 Å². The lowest BCUT2D eigenvalue weighted by Gasteiger charge is -2.11. The number of aromatic hydroxyl groups is 1. The maximum atomic E-state index is 13.5. The number of amides is 1. The van der Waals surface area contributed by atoms with Crippen molar-refractivity contribution in [2.24, 2.45) is 0 Å². The fourth-order valence-corrected chi connectivity index (χ4v) is 3.53. The first kappa shape index (κ1) is 20.1. The van der Waals surface area contributed by atoms with Gasteiger partial charge in [-0.15, -0.1) is 0 Å². The van der Waals surface area contributed by atoms with Gasteiger partial charge in [-0.2, -0.15) is 0 Å². The van der Waals surface area contributed by atoms with E-state index in [0.29, 0.717) is 27.8 Å². The minimum absolute atomic E-state index is 0.264. The fraction of sp³-hybridized carbons (Fsp3) is 0.0870. The molecule has 2 aromatic heterocycles. The average Bonchev–Trinajstić information content (AvgIpc) is 3.17. The number of halogens is 1. The zero-order valence-corrected chi connectivity index (χ0v) is 16.5. The lowest BCUT2D eigenvalue weighted by Crippen LogP contribution is -2.30. The van der Waals surface area contributed by atoms with Crippen molar-refractivity contribution in [1.82, 2.24) is 14.9 Å². The summed E-state index contributed by atoms with van der Waals surface area (Å²) in [4.78, 5) is 27.5. The fourth-order valence-electron chi connectivity index (χ4n) is 3.53. The zero-order chi connectivity index (χ0) is 22.1. The number of aromatic nitrogens is 2. The Balaban J connectivity index is 1.99. The zero-order valence-electron chi connectivity index (χ0n) is 16.5. The Morgan fingerprint density at radius 3 is 2.42 bits per heavy atom. The van der Waals surface area contributed by atoms with E-state index in [0.717, 1.165) is 5.56 Å². The molecule has 1 amide bonds. The number of aryl methyl sites for hydroxylation is 1. The second-order valence-corrected chi connectivity index (χ2v) is 6.95. The highest BCUT2D eigenvalue weighted by Gasteiger charge is 2.24. The van der Waals surface area contributed by atoms with Crippen molar-refractivity contribution < 1.29 is 24.2 Å². The molecule has 8 heteroatoms. The smallest absolute Gasteiger partial charge is 0.322 e. The molecule has 0 saturated carbocycles. The van der Waals surface area contributed by atoms with Crippen LogP contribution < -0.4 is 5.32 Å². The van der Waals surface area contributed by atoms with Gasteiger partial charge in [0.25, 0.3) is 5.91 Å². The SMILES string of the molecule is Cc1nc(C(=O)NCC(=O)O)c(O)c2c(-c3ccccc3)cn(-c3ccc(F)cc3)c12. The maximum absolute atomic E-state index is 13.5. The standard InChI is InChI=1S/C23H18FN3O4/c1-13-21-19(22(30)20(26-13)23(31)25-11-18(28)29)17(14-5-3-2-4-6-14)12-27(21)16-9-7-15(24)8-10-16/h2-10,12,30H,11H2,1H3,(H,25,31)(H,28,29). The van der Waals surface area contributed by atoms with Crippen LogP contribution in [0.25, 0.3) is 27.7 Å². The quantitative estimate of drug-likeness (QED) is 0.458. The van der Waals surface area contributed by atoms with Crippen LogP contribution >= 0.6 is 0 Å². The van der Waals surface area contributed by atoms with E-state index in [4.69, 9.17) is 5.11 Å². The van der Waals surface area contributed by atoms with Gasteiger partial charge >= 0.3 is 5.97 Å². The molecule has 0 aliphatic carbocycles. The molecule has 2 aromatic carbocycles. The number of nitrogens with one attached hydrogen (secondary N) is 1. The molecule has 0 radical (unpaired) electrons. The first-order chi connectivity index (χ1) is 14.9. The summed E-state index contributed by atoms with van der Waals surface area (Å²) in [6.45, 7) is 1.09. The summed E-state index contributed by atoms with van der Waals surface area (Å²) < 4.78 is 15.2. The number of hydrogen-bond acceptors (Lipinski definition) is 4. The molecule has 3 N–H and O–H groups in total. The van der Waals surface area contributed by atoms with Crippen LogP contribution in [0.1, 0.15) is 16.2 Å². The highest BCUT2D eigenvalue weighted by Crippen LogP contribution is 2.40. The summed E-state index contributed by atoms with van der Waals surface area (Å²) in [6, 6.07) is 15.2. The highest BCUT2D eigenvalue weighted by molar-refractivity contribution is 6.08. The number of carbonyl (C=O) groups excluding carboxylic acids is 1. The van der Waals surface area contributed by atoms with Gasteiger partial charge in [0.1, 0.15) is 12.4 Å². The van der Waals surface area contributed by atoms with Crippen molar-refractivity contribution in [2.75, 3.05) is 6.54 Å². The number of carbonyl (C=O) groups is 2. The van der Waals surface area contributed by atoms with Crippen molar-refractivity contribution >= 4 is 22.8 Å². The number of carboxylic acids is 1. The molecule has 156 valence electrons. The maximum Gasteiger partial charge on any atom is 0.322 e. The van der Waals surface area contributed by atoms with Crippen molar-refractivity contribution in [1.29, 1.82) is 0 Å². The van der Waals surface area contributed by atoms with Crippen LogP contribution in [-0.4, -0.2) is 38.2 Å². The minimum Gasteiger partial charge on any atom is -0.505 e. The van der Waals surface area contributed by atoms with Crippen LogP contribution in [-0.2, 0) is 4.79 Å². The molecule has 0 aliphatic heterocycles. The molecule has 0 bridgehead atoms. The Labute approximate surface area is 176 Å². The Bertz CT molecular complexity index is 1300. The Morgan fingerprint density at radius 2 is 1.77 bits per heavy atom. The molecule has 0 atom stereocenters. The van der Waals surface area contributed by atoms with Crippen LogP contribution in [0.15, 0.2) is 60.8 Å². The van der Waals surface area contributed by atoms with E-state index < -0.39 is 18.4 Å².